The smallest absolute Gasteiger partial charge is 0.274 e. The third-order valence-electron chi connectivity index (χ3n) is 4.83. The Bertz CT molecular complexity index is 1220. The molecule has 164 valence electrons. The Kier molecular flexibility index (Phi) is 6.16. The van der Waals surface area contributed by atoms with Gasteiger partial charge in [0.25, 0.3) is 5.89 Å². The van der Waals surface area contributed by atoms with Crippen LogP contribution in [-0.2, 0) is 17.9 Å². The summed E-state index contributed by atoms with van der Waals surface area (Å²) in [7, 11) is 3.12. The number of halogens is 1. The van der Waals surface area contributed by atoms with Crippen molar-refractivity contribution in [2.75, 3.05) is 14.2 Å². The van der Waals surface area contributed by atoms with Gasteiger partial charge in [0.15, 0.2) is 11.5 Å². The van der Waals surface area contributed by atoms with Crippen LogP contribution in [0.2, 0.25) is 0 Å². The quantitative estimate of drug-likeness (QED) is 0.453. The monoisotopic (exact) mass is 436 g/mol. The zero-order chi connectivity index (χ0) is 22.5. The molecule has 4 rings (SSSR count). The number of methoxy groups -OCH3 is 2. The van der Waals surface area contributed by atoms with Gasteiger partial charge in [0.2, 0.25) is 11.7 Å². The highest BCUT2D eigenvalue weighted by Crippen LogP contribution is 2.32. The summed E-state index contributed by atoms with van der Waals surface area (Å²) < 4.78 is 30.7. The molecule has 2 heterocycles. The van der Waals surface area contributed by atoms with Gasteiger partial charge in [0.1, 0.15) is 18.1 Å². The van der Waals surface area contributed by atoms with Crippen molar-refractivity contribution in [1.82, 2.24) is 20.0 Å². The van der Waals surface area contributed by atoms with Crippen molar-refractivity contribution in [2.45, 2.75) is 13.1 Å². The second-order valence-electron chi connectivity index (χ2n) is 6.92. The lowest BCUT2D eigenvalue weighted by Gasteiger charge is -2.08. The van der Waals surface area contributed by atoms with E-state index in [0.717, 1.165) is 5.56 Å². The van der Waals surface area contributed by atoms with Crippen molar-refractivity contribution in [3.63, 3.8) is 0 Å². The molecule has 2 aromatic heterocycles. The summed E-state index contributed by atoms with van der Waals surface area (Å²) in [6.07, 6.45) is 1.76. The van der Waals surface area contributed by atoms with Gasteiger partial charge in [-0.05, 0) is 48.0 Å². The molecule has 8 nitrogen and oxygen atoms in total. The second-order valence-corrected chi connectivity index (χ2v) is 6.92. The minimum Gasteiger partial charge on any atom is -0.493 e. The van der Waals surface area contributed by atoms with Gasteiger partial charge in [-0.2, -0.15) is 4.98 Å². The fourth-order valence-electron chi connectivity index (χ4n) is 3.18. The molecule has 0 fully saturated rings. The van der Waals surface area contributed by atoms with Crippen molar-refractivity contribution in [3.8, 4) is 34.5 Å². The summed E-state index contributed by atoms with van der Waals surface area (Å²) in [5.74, 6) is 1.30. The van der Waals surface area contributed by atoms with E-state index >= 15 is 0 Å². The van der Waals surface area contributed by atoms with Crippen molar-refractivity contribution in [1.29, 1.82) is 0 Å². The van der Waals surface area contributed by atoms with E-state index in [9.17, 15) is 9.18 Å². The van der Waals surface area contributed by atoms with Gasteiger partial charge in [-0.3, -0.25) is 4.79 Å². The number of nitrogens with zero attached hydrogens (tertiary/aromatic N) is 3. The van der Waals surface area contributed by atoms with E-state index in [-0.39, 0.29) is 24.2 Å². The average Bonchev–Trinajstić information content (AvgIpc) is 3.47. The normalized spacial score (nSPS) is 10.7. The molecule has 1 N–H and O–H groups in total. The Labute approximate surface area is 183 Å². The fraction of sp³-hybridized carbons (Fsp3) is 0.174. The number of rotatable bonds is 8. The zero-order valence-corrected chi connectivity index (χ0v) is 17.5. The molecule has 0 atom stereocenters. The number of hydrogen-bond donors (Lipinski definition) is 1. The lowest BCUT2D eigenvalue weighted by Crippen LogP contribution is -2.27. The minimum absolute atomic E-state index is 0.0671. The topological polar surface area (TPSA) is 91.4 Å². The number of benzene rings is 2. The summed E-state index contributed by atoms with van der Waals surface area (Å²) in [5.41, 5.74) is 2.12. The van der Waals surface area contributed by atoms with Gasteiger partial charge in [0, 0.05) is 18.3 Å². The van der Waals surface area contributed by atoms with Crippen LogP contribution in [0.3, 0.4) is 0 Å². The number of amides is 1. The van der Waals surface area contributed by atoms with Crippen molar-refractivity contribution < 1.29 is 23.2 Å². The predicted molar refractivity (Wildman–Crippen MR) is 115 cm³/mol. The summed E-state index contributed by atoms with van der Waals surface area (Å²) in [6, 6.07) is 14.9. The van der Waals surface area contributed by atoms with E-state index in [1.807, 2.05) is 0 Å². The number of hydrogen-bond acceptors (Lipinski definition) is 6. The van der Waals surface area contributed by atoms with Gasteiger partial charge in [-0.15, -0.1) is 0 Å². The molecule has 0 aliphatic carbocycles. The van der Waals surface area contributed by atoms with Crippen LogP contribution in [0.1, 0.15) is 5.56 Å². The molecule has 32 heavy (non-hydrogen) atoms. The first-order chi connectivity index (χ1) is 15.6. The SMILES string of the molecule is COc1ccc(-c2noc(-c3cccn3CC(=O)NCc3ccc(F)cc3)n2)cc1OC. The maximum absolute atomic E-state index is 13.0. The largest absolute Gasteiger partial charge is 0.493 e. The lowest BCUT2D eigenvalue weighted by atomic mass is 10.2. The van der Waals surface area contributed by atoms with Crippen LogP contribution in [0.15, 0.2) is 65.3 Å². The molecule has 0 unspecified atom stereocenters. The van der Waals surface area contributed by atoms with Crippen LogP contribution in [0.4, 0.5) is 4.39 Å². The molecule has 0 aliphatic heterocycles. The predicted octanol–water partition coefficient (Wildman–Crippen LogP) is 3.68. The molecule has 4 aromatic rings. The standard InChI is InChI=1S/C23H21FN4O4/c1-30-19-10-7-16(12-20(19)31-2)22-26-23(32-27-22)18-4-3-11-28(18)14-21(29)25-13-15-5-8-17(24)9-6-15/h3-12H,13-14H2,1-2H3,(H,25,29). The molecular weight excluding hydrogens is 415 g/mol. The molecule has 0 saturated carbocycles. The molecule has 0 spiro atoms. The number of aromatic nitrogens is 3. The van der Waals surface area contributed by atoms with Crippen LogP contribution < -0.4 is 14.8 Å². The van der Waals surface area contributed by atoms with Crippen molar-refractivity contribution in [3.05, 3.63) is 72.2 Å². The highest BCUT2D eigenvalue weighted by Gasteiger charge is 2.17. The summed E-state index contributed by atoms with van der Waals surface area (Å²) in [6.45, 7) is 0.372. The van der Waals surface area contributed by atoms with E-state index in [1.165, 1.54) is 12.1 Å². The highest BCUT2D eigenvalue weighted by atomic mass is 19.1. The molecule has 0 aliphatic rings. The highest BCUT2D eigenvalue weighted by molar-refractivity contribution is 5.76. The van der Waals surface area contributed by atoms with E-state index in [0.29, 0.717) is 35.1 Å². The minimum atomic E-state index is -0.316. The molecule has 9 heteroatoms. The molecule has 2 aromatic carbocycles. The van der Waals surface area contributed by atoms with E-state index in [1.54, 1.807) is 67.4 Å². The van der Waals surface area contributed by atoms with Crippen LogP contribution >= 0.6 is 0 Å². The maximum atomic E-state index is 13.0. The van der Waals surface area contributed by atoms with Crippen molar-refractivity contribution >= 4 is 5.91 Å². The average molecular weight is 436 g/mol. The number of carbonyl (C=O) groups is 1. The Morgan fingerprint density at radius 1 is 1.09 bits per heavy atom. The van der Waals surface area contributed by atoms with E-state index in [4.69, 9.17) is 14.0 Å². The van der Waals surface area contributed by atoms with Gasteiger partial charge >= 0.3 is 0 Å². The van der Waals surface area contributed by atoms with Crippen LogP contribution in [-0.4, -0.2) is 34.8 Å². The molecule has 0 saturated heterocycles. The zero-order valence-electron chi connectivity index (χ0n) is 17.5. The fourth-order valence-corrected chi connectivity index (χ4v) is 3.18. The first-order valence-electron chi connectivity index (χ1n) is 9.80. The maximum Gasteiger partial charge on any atom is 0.274 e. The summed E-state index contributed by atoms with van der Waals surface area (Å²) in [4.78, 5) is 16.9. The molecular formula is C23H21FN4O4. The van der Waals surface area contributed by atoms with Crippen LogP contribution in [0, 0.1) is 5.82 Å². The Balaban J connectivity index is 1.46. The first-order valence-corrected chi connectivity index (χ1v) is 9.80. The van der Waals surface area contributed by atoms with Gasteiger partial charge in [0.05, 0.1) is 14.2 Å². The second kappa shape index (κ2) is 9.34. The molecule has 0 radical (unpaired) electrons. The first kappa shape index (κ1) is 21.1. The third kappa shape index (κ3) is 4.61. The van der Waals surface area contributed by atoms with Crippen LogP contribution in [0.25, 0.3) is 23.0 Å². The van der Waals surface area contributed by atoms with Gasteiger partial charge < -0.3 is 23.9 Å². The van der Waals surface area contributed by atoms with E-state index in [2.05, 4.69) is 15.5 Å². The van der Waals surface area contributed by atoms with Gasteiger partial charge in [-0.1, -0.05) is 17.3 Å². The lowest BCUT2D eigenvalue weighted by molar-refractivity contribution is -0.121. The Morgan fingerprint density at radius 2 is 1.88 bits per heavy atom. The summed E-state index contributed by atoms with van der Waals surface area (Å²) >= 11 is 0. The summed E-state index contributed by atoms with van der Waals surface area (Å²) in [5, 5.41) is 6.86. The molecule has 1 amide bonds. The van der Waals surface area contributed by atoms with E-state index < -0.39 is 0 Å². The molecule has 0 bridgehead atoms. The third-order valence-corrected chi connectivity index (χ3v) is 4.83. The number of carbonyl (C=O) groups excluding carboxylic acids is 1. The Morgan fingerprint density at radius 3 is 2.62 bits per heavy atom. The number of ether oxygens (including phenoxy) is 2. The van der Waals surface area contributed by atoms with Crippen molar-refractivity contribution in [2.24, 2.45) is 0 Å². The van der Waals surface area contributed by atoms with Crippen LogP contribution in [0.5, 0.6) is 11.5 Å². The number of nitrogens with one attached hydrogen (secondary N) is 1. The van der Waals surface area contributed by atoms with Gasteiger partial charge in [-0.25, -0.2) is 4.39 Å². The Hall–Kier alpha value is -4.14.